The fourth-order valence-electron chi connectivity index (χ4n) is 5.69. The molecule has 0 unspecified atom stereocenters. The lowest BCUT2D eigenvalue weighted by atomic mass is 10.1. The van der Waals surface area contributed by atoms with Crippen LogP contribution in [0.25, 0.3) is 0 Å². The molecule has 0 radical (unpaired) electrons. The standard InChI is InChI=1S/C38H76N.CH4O4S/c1-5-7-9-11-13-15-17-19-21-23-25-27-29-31-33-35-37-39(3,4)38-36-34-32-30-28-26-24-22-20-18-16-14-12-10-8-6-2;1-5-6(2,3)4/h19-22H,5-18,23-38H2,1-4H3;1H3,(H,2,3,4)/q+1;/p-1. The Morgan fingerprint density at radius 1 is 0.467 bits per heavy atom. The summed E-state index contributed by atoms with van der Waals surface area (Å²) in [7, 11) is 1.30. The first-order valence-electron chi connectivity index (χ1n) is 19.3. The number of unbranched alkanes of at least 4 members (excludes halogenated alkanes) is 24. The monoisotopic (exact) mass is 658 g/mol. The zero-order valence-electron chi connectivity index (χ0n) is 31.0. The molecule has 0 saturated heterocycles. The lowest BCUT2D eigenvalue weighted by Crippen LogP contribution is -2.41. The van der Waals surface area contributed by atoms with Crippen molar-refractivity contribution in [3.63, 3.8) is 0 Å². The third-order valence-electron chi connectivity index (χ3n) is 8.75. The molecule has 0 saturated carbocycles. The van der Waals surface area contributed by atoms with Crippen LogP contribution in [0.3, 0.4) is 0 Å². The van der Waals surface area contributed by atoms with Crippen molar-refractivity contribution in [3.8, 4) is 0 Å². The zero-order valence-corrected chi connectivity index (χ0v) is 31.8. The molecule has 0 aliphatic rings. The molecule has 0 atom stereocenters. The molecule has 0 aliphatic carbocycles. The van der Waals surface area contributed by atoms with E-state index in [9.17, 15) is 13.0 Å². The summed E-state index contributed by atoms with van der Waals surface area (Å²) in [5.41, 5.74) is 0. The highest BCUT2D eigenvalue weighted by molar-refractivity contribution is 7.80. The summed E-state index contributed by atoms with van der Waals surface area (Å²) in [6.45, 7) is 7.33. The molecule has 0 fully saturated rings. The molecule has 45 heavy (non-hydrogen) atoms. The molecule has 0 spiro atoms. The first kappa shape index (κ1) is 46.4. The van der Waals surface area contributed by atoms with Gasteiger partial charge in [-0.25, -0.2) is 8.42 Å². The second-order valence-corrected chi connectivity index (χ2v) is 15.0. The van der Waals surface area contributed by atoms with E-state index in [0.717, 1.165) is 7.11 Å². The molecule has 6 heteroatoms. The van der Waals surface area contributed by atoms with Crippen molar-refractivity contribution in [1.29, 1.82) is 0 Å². The minimum atomic E-state index is -4.41. The molecule has 270 valence electrons. The Kier molecular flexibility index (Phi) is 37.3. The lowest BCUT2D eigenvalue weighted by molar-refractivity contribution is -0.890. The first-order valence-corrected chi connectivity index (χ1v) is 20.6. The van der Waals surface area contributed by atoms with E-state index in [4.69, 9.17) is 0 Å². The Labute approximate surface area is 283 Å². The molecule has 0 bridgehead atoms. The molecule has 0 aromatic carbocycles. The number of hydrogen-bond acceptors (Lipinski definition) is 4. The highest BCUT2D eigenvalue weighted by Gasteiger charge is 2.13. The van der Waals surface area contributed by atoms with E-state index in [-0.39, 0.29) is 0 Å². The van der Waals surface area contributed by atoms with Crippen LogP contribution < -0.4 is 0 Å². The summed E-state index contributed by atoms with van der Waals surface area (Å²) in [5, 5.41) is 0. The van der Waals surface area contributed by atoms with Crippen molar-refractivity contribution < 1.29 is 21.6 Å². The van der Waals surface area contributed by atoms with Gasteiger partial charge in [-0.3, -0.25) is 4.18 Å². The zero-order chi connectivity index (χ0) is 33.7. The predicted molar refractivity (Wildman–Crippen MR) is 197 cm³/mol. The Morgan fingerprint density at radius 2 is 0.689 bits per heavy atom. The number of allylic oxidation sites excluding steroid dienone is 4. The molecule has 0 aromatic rings. The van der Waals surface area contributed by atoms with Gasteiger partial charge in [0.1, 0.15) is 0 Å². The van der Waals surface area contributed by atoms with E-state index in [1.165, 1.54) is 197 Å². The van der Waals surface area contributed by atoms with E-state index < -0.39 is 10.4 Å². The van der Waals surface area contributed by atoms with Gasteiger partial charge in [0.25, 0.3) is 0 Å². The second-order valence-electron chi connectivity index (χ2n) is 13.8. The van der Waals surface area contributed by atoms with Crippen LogP contribution in [-0.2, 0) is 14.6 Å². The predicted octanol–water partition coefficient (Wildman–Crippen LogP) is 12.2. The normalized spacial score (nSPS) is 12.3. The first-order chi connectivity index (χ1) is 21.7. The van der Waals surface area contributed by atoms with Gasteiger partial charge >= 0.3 is 0 Å². The van der Waals surface area contributed by atoms with Gasteiger partial charge in [-0.15, -0.1) is 0 Å². The van der Waals surface area contributed by atoms with Gasteiger partial charge in [-0.05, 0) is 77.0 Å². The minimum Gasteiger partial charge on any atom is -0.726 e. The quantitative estimate of drug-likeness (QED) is 0.0231. The van der Waals surface area contributed by atoms with E-state index in [1.54, 1.807) is 0 Å². The number of nitrogens with zero attached hydrogens (tertiary/aromatic N) is 1. The topological polar surface area (TPSA) is 66.4 Å². The summed E-state index contributed by atoms with van der Waals surface area (Å²) in [5.74, 6) is 0. The third kappa shape index (κ3) is 45.5. The van der Waals surface area contributed by atoms with Gasteiger partial charge in [0.15, 0.2) is 0 Å². The maximum atomic E-state index is 9.22. The number of hydrogen-bond donors (Lipinski definition) is 0. The molecule has 0 rings (SSSR count). The van der Waals surface area contributed by atoms with E-state index in [1.807, 2.05) is 0 Å². The van der Waals surface area contributed by atoms with E-state index in [0.29, 0.717) is 0 Å². The molecule has 0 heterocycles. The van der Waals surface area contributed by atoms with Crippen LogP contribution in [-0.4, -0.2) is 51.7 Å². The molecule has 0 aliphatic heterocycles. The molecular formula is C39H79NO4S. The van der Waals surface area contributed by atoms with Gasteiger partial charge in [-0.1, -0.05) is 141 Å². The Morgan fingerprint density at radius 3 is 0.933 bits per heavy atom. The number of rotatable bonds is 33. The average molecular weight is 658 g/mol. The smallest absolute Gasteiger partial charge is 0.217 e. The Bertz CT molecular complexity index is 689. The summed E-state index contributed by atoms with van der Waals surface area (Å²) >= 11 is 0. The van der Waals surface area contributed by atoms with Crippen molar-refractivity contribution in [2.24, 2.45) is 0 Å². The largest absolute Gasteiger partial charge is 0.726 e. The van der Waals surface area contributed by atoms with Crippen molar-refractivity contribution in [1.82, 2.24) is 0 Å². The van der Waals surface area contributed by atoms with Crippen molar-refractivity contribution in [3.05, 3.63) is 24.3 Å². The van der Waals surface area contributed by atoms with Gasteiger partial charge < -0.3 is 9.04 Å². The van der Waals surface area contributed by atoms with Crippen LogP contribution in [0.2, 0.25) is 0 Å². The van der Waals surface area contributed by atoms with Crippen LogP contribution in [0.5, 0.6) is 0 Å². The van der Waals surface area contributed by atoms with Crippen LogP contribution in [0.15, 0.2) is 24.3 Å². The SMILES string of the molecule is CCCCCCCCC=CCCCCCCCC[N+](C)(C)CCCCCCCCC=CCCCCCCCC.COS(=O)(=O)[O-]. The summed E-state index contributed by atoms with van der Waals surface area (Å²) in [6.07, 6.45) is 49.0. The minimum absolute atomic E-state index is 0.808. The fraction of sp³-hybridized carbons (Fsp3) is 0.897. The third-order valence-corrected chi connectivity index (χ3v) is 9.16. The van der Waals surface area contributed by atoms with Crippen LogP contribution >= 0.6 is 0 Å². The number of quaternary nitrogens is 1. The summed E-state index contributed by atoms with van der Waals surface area (Å²) in [6, 6.07) is 0. The highest BCUT2D eigenvalue weighted by Crippen LogP contribution is 2.14. The van der Waals surface area contributed by atoms with Gasteiger partial charge in [0.05, 0.1) is 34.3 Å². The molecule has 5 nitrogen and oxygen atoms in total. The molecule has 0 amide bonds. The van der Waals surface area contributed by atoms with Gasteiger partial charge in [-0.2, -0.15) is 0 Å². The van der Waals surface area contributed by atoms with Crippen molar-refractivity contribution in [2.75, 3.05) is 34.3 Å². The van der Waals surface area contributed by atoms with Crippen molar-refractivity contribution in [2.45, 2.75) is 194 Å². The van der Waals surface area contributed by atoms with Crippen LogP contribution in [0.4, 0.5) is 0 Å². The maximum absolute atomic E-state index is 9.22. The molecule has 0 aromatic heterocycles. The van der Waals surface area contributed by atoms with E-state index >= 15 is 0 Å². The Balaban J connectivity index is 0. The fourth-order valence-corrected chi connectivity index (χ4v) is 5.69. The molecule has 0 N–H and O–H groups in total. The molecular weight excluding hydrogens is 578 g/mol. The van der Waals surface area contributed by atoms with Crippen LogP contribution in [0.1, 0.15) is 194 Å². The van der Waals surface area contributed by atoms with Gasteiger partial charge in [0.2, 0.25) is 10.4 Å². The summed E-state index contributed by atoms with van der Waals surface area (Å²) < 4.78 is 32.2. The summed E-state index contributed by atoms with van der Waals surface area (Å²) in [4.78, 5) is 0. The Hall–Kier alpha value is -0.690. The van der Waals surface area contributed by atoms with E-state index in [2.05, 4.69) is 56.4 Å². The second kappa shape index (κ2) is 36.2. The maximum Gasteiger partial charge on any atom is 0.217 e. The van der Waals surface area contributed by atoms with Gasteiger partial charge in [0, 0.05) is 0 Å². The lowest BCUT2D eigenvalue weighted by Gasteiger charge is -2.30. The highest BCUT2D eigenvalue weighted by atomic mass is 32.3. The van der Waals surface area contributed by atoms with Crippen molar-refractivity contribution >= 4 is 10.4 Å². The average Bonchev–Trinajstić information content (AvgIpc) is 3.00. The van der Waals surface area contributed by atoms with Crippen LogP contribution in [0, 0.1) is 0 Å².